The average Bonchev–Trinajstić information content (AvgIpc) is 2.68. The number of rotatable bonds is 3. The number of nitrogens with two attached hydrogens (primary N) is 1. The Morgan fingerprint density at radius 2 is 2.24 bits per heavy atom. The molecule has 0 spiro atoms. The molecule has 0 aliphatic rings. The highest BCUT2D eigenvalue weighted by molar-refractivity contribution is 9.10. The van der Waals surface area contributed by atoms with Crippen LogP contribution in [0, 0.1) is 5.82 Å². The minimum atomic E-state index is -0.387. The highest BCUT2D eigenvalue weighted by atomic mass is 79.9. The average molecular weight is 298 g/mol. The van der Waals surface area contributed by atoms with Crippen molar-refractivity contribution in [3.63, 3.8) is 0 Å². The summed E-state index contributed by atoms with van der Waals surface area (Å²) in [7, 11) is 1.84. The van der Waals surface area contributed by atoms with Crippen LogP contribution in [0.25, 0.3) is 0 Å². The van der Waals surface area contributed by atoms with E-state index in [9.17, 15) is 4.39 Å². The van der Waals surface area contributed by atoms with Gasteiger partial charge in [-0.15, -0.1) is 0 Å². The molecule has 90 valence electrons. The summed E-state index contributed by atoms with van der Waals surface area (Å²) in [6, 6.07) is 6.64. The first-order chi connectivity index (χ1) is 8.08. The van der Waals surface area contributed by atoms with Crippen LogP contribution >= 0.6 is 15.9 Å². The van der Waals surface area contributed by atoms with Crippen LogP contribution in [-0.2, 0) is 13.5 Å². The lowest BCUT2D eigenvalue weighted by atomic mass is 10.0. The predicted octanol–water partition coefficient (Wildman–Crippen LogP) is 2.56. The molecular formula is C12H13BrFN3. The van der Waals surface area contributed by atoms with Crippen LogP contribution in [0.1, 0.15) is 17.3 Å². The van der Waals surface area contributed by atoms with Crippen LogP contribution in [0.2, 0.25) is 0 Å². The maximum absolute atomic E-state index is 13.8. The number of aryl methyl sites for hydroxylation is 1. The molecule has 5 heteroatoms. The molecule has 2 rings (SSSR count). The fourth-order valence-corrected chi connectivity index (χ4v) is 2.10. The monoisotopic (exact) mass is 297 g/mol. The lowest BCUT2D eigenvalue weighted by Gasteiger charge is -2.12. The van der Waals surface area contributed by atoms with E-state index in [1.165, 1.54) is 0 Å². The summed E-state index contributed by atoms with van der Waals surface area (Å²) in [6.45, 7) is 0. The van der Waals surface area contributed by atoms with E-state index in [1.807, 2.05) is 19.3 Å². The van der Waals surface area contributed by atoms with Crippen molar-refractivity contribution < 1.29 is 4.39 Å². The standard InChI is InChI=1S/C12H13BrFN3/c1-17-6-5-8(16-17)7-11(15)9-3-2-4-10(13)12(9)14/h2-6,11H,7,15H2,1H3. The Bertz CT molecular complexity index is 524. The van der Waals surface area contributed by atoms with Crippen LogP contribution in [0.5, 0.6) is 0 Å². The largest absolute Gasteiger partial charge is 0.324 e. The Morgan fingerprint density at radius 1 is 1.47 bits per heavy atom. The summed E-state index contributed by atoms with van der Waals surface area (Å²) in [5.41, 5.74) is 7.36. The van der Waals surface area contributed by atoms with Gasteiger partial charge in [0.05, 0.1) is 10.2 Å². The molecule has 0 bridgehead atoms. The normalized spacial score (nSPS) is 12.7. The summed E-state index contributed by atoms with van der Waals surface area (Å²) in [4.78, 5) is 0. The summed E-state index contributed by atoms with van der Waals surface area (Å²) >= 11 is 3.15. The molecule has 1 atom stereocenters. The van der Waals surface area contributed by atoms with Gasteiger partial charge in [0.25, 0.3) is 0 Å². The molecule has 1 aromatic heterocycles. The van der Waals surface area contributed by atoms with Crippen molar-refractivity contribution in [1.82, 2.24) is 9.78 Å². The van der Waals surface area contributed by atoms with Gasteiger partial charge in [-0.25, -0.2) is 4.39 Å². The molecule has 3 nitrogen and oxygen atoms in total. The van der Waals surface area contributed by atoms with Gasteiger partial charge in [0.15, 0.2) is 0 Å². The van der Waals surface area contributed by atoms with Gasteiger partial charge in [-0.3, -0.25) is 4.68 Å². The number of halogens is 2. The van der Waals surface area contributed by atoms with E-state index in [4.69, 9.17) is 5.73 Å². The van der Waals surface area contributed by atoms with Crippen molar-refractivity contribution in [2.75, 3.05) is 0 Å². The summed E-state index contributed by atoms with van der Waals surface area (Å²) in [5, 5.41) is 4.23. The van der Waals surface area contributed by atoms with Gasteiger partial charge in [0.2, 0.25) is 0 Å². The van der Waals surface area contributed by atoms with Gasteiger partial charge in [0.1, 0.15) is 5.82 Å². The van der Waals surface area contributed by atoms with Gasteiger partial charge < -0.3 is 5.73 Å². The smallest absolute Gasteiger partial charge is 0.142 e. The fraction of sp³-hybridized carbons (Fsp3) is 0.250. The lowest BCUT2D eigenvalue weighted by molar-refractivity contribution is 0.570. The SMILES string of the molecule is Cn1ccc(CC(N)c2cccc(Br)c2F)n1. The second kappa shape index (κ2) is 4.98. The first-order valence-corrected chi connectivity index (χ1v) is 6.05. The van der Waals surface area contributed by atoms with Crippen molar-refractivity contribution in [2.24, 2.45) is 12.8 Å². The van der Waals surface area contributed by atoms with Gasteiger partial charge >= 0.3 is 0 Å². The first-order valence-electron chi connectivity index (χ1n) is 5.26. The van der Waals surface area contributed by atoms with E-state index in [-0.39, 0.29) is 11.9 Å². The van der Waals surface area contributed by atoms with Crippen molar-refractivity contribution in [2.45, 2.75) is 12.5 Å². The third-order valence-corrected chi connectivity index (χ3v) is 3.19. The molecule has 2 N–H and O–H groups in total. The quantitative estimate of drug-likeness (QED) is 0.946. The van der Waals surface area contributed by atoms with Crippen LogP contribution in [0.3, 0.4) is 0 Å². The molecule has 1 aromatic carbocycles. The maximum atomic E-state index is 13.8. The lowest BCUT2D eigenvalue weighted by Crippen LogP contribution is -2.15. The molecule has 0 aliphatic carbocycles. The van der Waals surface area contributed by atoms with Crippen LogP contribution in [0.4, 0.5) is 4.39 Å². The summed E-state index contributed by atoms with van der Waals surface area (Å²) in [5.74, 6) is -0.295. The van der Waals surface area contributed by atoms with Gasteiger partial charge in [0, 0.05) is 31.3 Å². The maximum Gasteiger partial charge on any atom is 0.142 e. The van der Waals surface area contributed by atoms with Gasteiger partial charge in [-0.1, -0.05) is 12.1 Å². The number of aromatic nitrogens is 2. The Hall–Kier alpha value is -1.20. The number of nitrogens with zero attached hydrogens (tertiary/aromatic N) is 2. The fourth-order valence-electron chi connectivity index (χ4n) is 1.71. The Kier molecular flexibility index (Phi) is 3.59. The second-order valence-corrected chi connectivity index (χ2v) is 4.79. The Labute approximate surface area is 108 Å². The molecule has 0 saturated heterocycles. The molecule has 1 heterocycles. The minimum Gasteiger partial charge on any atom is -0.324 e. The molecule has 0 fully saturated rings. The van der Waals surface area contributed by atoms with Crippen LogP contribution in [0.15, 0.2) is 34.9 Å². The van der Waals surface area contributed by atoms with E-state index in [0.717, 1.165) is 5.69 Å². The Morgan fingerprint density at radius 3 is 2.88 bits per heavy atom. The molecule has 0 amide bonds. The molecular weight excluding hydrogens is 285 g/mol. The number of hydrogen-bond acceptors (Lipinski definition) is 2. The van der Waals surface area contributed by atoms with E-state index in [1.54, 1.807) is 22.9 Å². The highest BCUT2D eigenvalue weighted by Gasteiger charge is 2.14. The topological polar surface area (TPSA) is 43.8 Å². The van der Waals surface area contributed by atoms with Crippen LogP contribution in [-0.4, -0.2) is 9.78 Å². The van der Waals surface area contributed by atoms with Crippen molar-refractivity contribution in [3.8, 4) is 0 Å². The Balaban J connectivity index is 2.20. The summed E-state index contributed by atoms with van der Waals surface area (Å²) < 4.78 is 16.0. The van der Waals surface area contributed by atoms with E-state index in [2.05, 4.69) is 21.0 Å². The zero-order chi connectivity index (χ0) is 12.4. The predicted molar refractivity (Wildman–Crippen MR) is 67.9 cm³/mol. The zero-order valence-electron chi connectivity index (χ0n) is 9.40. The van der Waals surface area contributed by atoms with E-state index in [0.29, 0.717) is 16.5 Å². The highest BCUT2D eigenvalue weighted by Crippen LogP contribution is 2.24. The molecule has 2 aromatic rings. The number of hydrogen-bond donors (Lipinski definition) is 1. The first kappa shape index (κ1) is 12.3. The summed E-state index contributed by atoms with van der Waals surface area (Å²) in [6.07, 6.45) is 2.37. The minimum absolute atomic E-state index is 0.295. The van der Waals surface area contributed by atoms with Crippen molar-refractivity contribution >= 4 is 15.9 Å². The third-order valence-electron chi connectivity index (χ3n) is 2.58. The molecule has 17 heavy (non-hydrogen) atoms. The third kappa shape index (κ3) is 2.73. The van der Waals surface area contributed by atoms with Crippen molar-refractivity contribution in [3.05, 3.63) is 52.0 Å². The van der Waals surface area contributed by atoms with E-state index < -0.39 is 0 Å². The zero-order valence-corrected chi connectivity index (χ0v) is 11.0. The van der Waals surface area contributed by atoms with Crippen molar-refractivity contribution in [1.29, 1.82) is 0 Å². The van der Waals surface area contributed by atoms with Gasteiger partial charge in [-0.2, -0.15) is 5.10 Å². The molecule has 0 radical (unpaired) electrons. The molecule has 1 unspecified atom stereocenters. The molecule has 0 saturated carbocycles. The van der Waals surface area contributed by atoms with Gasteiger partial charge in [-0.05, 0) is 28.1 Å². The number of benzene rings is 1. The second-order valence-electron chi connectivity index (χ2n) is 3.93. The van der Waals surface area contributed by atoms with E-state index >= 15 is 0 Å². The molecule has 0 aliphatic heterocycles. The van der Waals surface area contributed by atoms with Crippen LogP contribution < -0.4 is 5.73 Å².